The molecule has 1 amide bonds. The second-order valence-corrected chi connectivity index (χ2v) is 9.09. The molecular formula is C19H25N3O3S2. The molecule has 0 unspecified atom stereocenters. The molecule has 2 aliphatic rings. The average Bonchev–Trinajstić information content (AvgIpc) is 3.32. The topological polar surface area (TPSA) is 73.2 Å². The first kappa shape index (κ1) is 19.0. The van der Waals surface area contributed by atoms with Gasteiger partial charge < -0.3 is 10.1 Å². The van der Waals surface area contributed by atoms with Gasteiger partial charge in [-0.2, -0.15) is 0 Å². The van der Waals surface area contributed by atoms with Crippen LogP contribution in [0.4, 0.5) is 0 Å². The number of thiophene rings is 1. The summed E-state index contributed by atoms with van der Waals surface area (Å²) >= 11 is 3.00. The van der Waals surface area contributed by atoms with Gasteiger partial charge in [-0.15, -0.1) is 11.3 Å². The molecule has 1 atom stereocenters. The number of aromatic nitrogens is 2. The molecule has 27 heavy (non-hydrogen) atoms. The van der Waals surface area contributed by atoms with Crippen molar-refractivity contribution in [2.24, 2.45) is 0 Å². The van der Waals surface area contributed by atoms with Gasteiger partial charge in [0.05, 0.1) is 17.2 Å². The zero-order chi connectivity index (χ0) is 18.8. The molecule has 2 aromatic rings. The maximum Gasteiger partial charge on any atom is 0.263 e. The molecular weight excluding hydrogens is 382 g/mol. The van der Waals surface area contributed by atoms with Gasteiger partial charge in [-0.1, -0.05) is 11.8 Å². The molecule has 8 heteroatoms. The highest BCUT2D eigenvalue weighted by atomic mass is 32.2. The number of carbonyl (C=O) groups is 1. The molecule has 4 rings (SSSR count). The maximum absolute atomic E-state index is 13.1. The van der Waals surface area contributed by atoms with Crippen LogP contribution in [0.1, 0.15) is 43.0 Å². The molecule has 0 radical (unpaired) electrons. The number of ether oxygens (including phenoxy) is 1. The fraction of sp³-hybridized carbons (Fsp3) is 0.632. The van der Waals surface area contributed by atoms with E-state index in [2.05, 4.69) is 5.32 Å². The van der Waals surface area contributed by atoms with E-state index < -0.39 is 0 Å². The third-order valence-electron chi connectivity index (χ3n) is 5.24. The minimum atomic E-state index is -0.0435. The number of aryl methyl sites for hydroxylation is 2. The predicted octanol–water partition coefficient (Wildman–Crippen LogP) is 2.74. The van der Waals surface area contributed by atoms with Crippen molar-refractivity contribution < 1.29 is 9.53 Å². The molecule has 1 N–H and O–H groups in total. The second kappa shape index (κ2) is 8.32. The lowest BCUT2D eigenvalue weighted by Gasteiger charge is -2.13. The monoisotopic (exact) mass is 407 g/mol. The lowest BCUT2D eigenvalue weighted by atomic mass is 9.97. The van der Waals surface area contributed by atoms with Crippen LogP contribution in [0, 0.1) is 0 Å². The van der Waals surface area contributed by atoms with Crippen LogP contribution < -0.4 is 10.9 Å². The molecule has 0 spiro atoms. The third kappa shape index (κ3) is 3.93. The summed E-state index contributed by atoms with van der Waals surface area (Å²) in [6, 6.07) is 0. The van der Waals surface area contributed by atoms with Crippen molar-refractivity contribution in [1.82, 2.24) is 14.9 Å². The van der Waals surface area contributed by atoms with Gasteiger partial charge in [0, 0.05) is 24.6 Å². The maximum atomic E-state index is 13.1. The number of nitrogens with one attached hydrogen (secondary N) is 1. The highest BCUT2D eigenvalue weighted by Crippen LogP contribution is 2.34. The molecule has 0 aromatic carbocycles. The van der Waals surface area contributed by atoms with E-state index in [0.29, 0.717) is 18.2 Å². The zero-order valence-electron chi connectivity index (χ0n) is 15.6. The summed E-state index contributed by atoms with van der Waals surface area (Å²) in [6.45, 7) is 3.86. The summed E-state index contributed by atoms with van der Waals surface area (Å²) < 4.78 is 7.24. The average molecular weight is 408 g/mol. The lowest BCUT2D eigenvalue weighted by molar-refractivity contribution is -0.119. The van der Waals surface area contributed by atoms with Gasteiger partial charge in [0.15, 0.2) is 5.16 Å². The Morgan fingerprint density at radius 1 is 1.37 bits per heavy atom. The minimum absolute atomic E-state index is 0.0435. The van der Waals surface area contributed by atoms with Gasteiger partial charge in [0.1, 0.15) is 4.83 Å². The Balaban J connectivity index is 1.51. The number of thioether (sulfide) groups is 1. The van der Waals surface area contributed by atoms with Crippen molar-refractivity contribution in [1.29, 1.82) is 0 Å². The summed E-state index contributed by atoms with van der Waals surface area (Å²) in [5.74, 6) is 0.216. The van der Waals surface area contributed by atoms with E-state index >= 15 is 0 Å². The Kier molecular flexibility index (Phi) is 5.85. The molecule has 3 heterocycles. The Morgan fingerprint density at radius 3 is 3.00 bits per heavy atom. The first-order chi connectivity index (χ1) is 13.2. The number of hydrogen-bond acceptors (Lipinski definition) is 6. The molecule has 1 saturated heterocycles. The SMILES string of the molecule is CCn1c(SCC(=O)NC[C@@H]2CCCO2)nc2sc3c(c2c1=O)CCCC3. The first-order valence-corrected chi connectivity index (χ1v) is 11.5. The highest BCUT2D eigenvalue weighted by molar-refractivity contribution is 7.99. The van der Waals surface area contributed by atoms with Crippen molar-refractivity contribution in [3.63, 3.8) is 0 Å². The van der Waals surface area contributed by atoms with Crippen LogP contribution in [0.2, 0.25) is 0 Å². The van der Waals surface area contributed by atoms with E-state index in [0.717, 1.165) is 48.9 Å². The largest absolute Gasteiger partial charge is 0.376 e. The summed E-state index contributed by atoms with van der Waals surface area (Å²) in [4.78, 5) is 32.2. The van der Waals surface area contributed by atoms with E-state index in [9.17, 15) is 9.59 Å². The summed E-state index contributed by atoms with van der Waals surface area (Å²) in [7, 11) is 0. The molecule has 0 bridgehead atoms. The normalized spacial score (nSPS) is 19.4. The third-order valence-corrected chi connectivity index (χ3v) is 7.40. The van der Waals surface area contributed by atoms with Gasteiger partial charge in [-0.25, -0.2) is 4.98 Å². The summed E-state index contributed by atoms with van der Waals surface area (Å²) in [5, 5.41) is 4.38. The summed E-state index contributed by atoms with van der Waals surface area (Å²) in [6.07, 6.45) is 6.57. The van der Waals surface area contributed by atoms with E-state index in [4.69, 9.17) is 9.72 Å². The quantitative estimate of drug-likeness (QED) is 0.589. The van der Waals surface area contributed by atoms with Crippen molar-refractivity contribution in [2.45, 2.75) is 63.3 Å². The number of fused-ring (bicyclic) bond motifs is 3. The van der Waals surface area contributed by atoms with E-state index in [1.165, 1.54) is 28.6 Å². The van der Waals surface area contributed by atoms with E-state index in [1.807, 2.05) is 6.92 Å². The van der Waals surface area contributed by atoms with Gasteiger partial charge in [0.2, 0.25) is 5.91 Å². The van der Waals surface area contributed by atoms with Gasteiger partial charge >= 0.3 is 0 Å². The van der Waals surface area contributed by atoms with Gasteiger partial charge in [-0.05, 0) is 51.0 Å². The number of amides is 1. The molecule has 1 aliphatic heterocycles. The van der Waals surface area contributed by atoms with Crippen LogP contribution in [0.25, 0.3) is 10.2 Å². The molecule has 2 aromatic heterocycles. The van der Waals surface area contributed by atoms with Crippen LogP contribution in [-0.4, -0.2) is 40.5 Å². The number of carbonyl (C=O) groups excluding carboxylic acids is 1. The predicted molar refractivity (Wildman–Crippen MR) is 109 cm³/mol. The van der Waals surface area contributed by atoms with Crippen LogP contribution in [-0.2, 0) is 28.9 Å². The summed E-state index contributed by atoms with van der Waals surface area (Å²) in [5.41, 5.74) is 1.26. The molecule has 0 saturated carbocycles. The zero-order valence-corrected chi connectivity index (χ0v) is 17.2. The Bertz CT molecular complexity index is 900. The first-order valence-electron chi connectivity index (χ1n) is 9.73. The van der Waals surface area contributed by atoms with Crippen molar-refractivity contribution in [2.75, 3.05) is 18.9 Å². The Labute approximate surface area is 166 Å². The number of nitrogens with zero attached hydrogens (tertiary/aromatic N) is 2. The van der Waals surface area contributed by atoms with Crippen LogP contribution in [0.5, 0.6) is 0 Å². The Hall–Kier alpha value is -1.38. The van der Waals surface area contributed by atoms with Gasteiger partial charge in [0.25, 0.3) is 5.56 Å². The highest BCUT2D eigenvalue weighted by Gasteiger charge is 2.22. The fourth-order valence-corrected chi connectivity index (χ4v) is 6.02. The van der Waals surface area contributed by atoms with Crippen LogP contribution in [0.3, 0.4) is 0 Å². The standard InChI is InChI=1S/C19H25N3O3S2/c1-2-22-18(24)16-13-7-3-4-8-14(13)27-17(16)21-19(22)26-11-15(23)20-10-12-6-5-9-25-12/h12H,2-11H2,1H3,(H,20,23)/t12-/m0/s1. The van der Waals surface area contributed by atoms with Gasteiger partial charge in [-0.3, -0.25) is 14.2 Å². The van der Waals surface area contributed by atoms with Crippen LogP contribution >= 0.6 is 23.1 Å². The van der Waals surface area contributed by atoms with Crippen molar-refractivity contribution in [3.8, 4) is 0 Å². The second-order valence-electron chi connectivity index (χ2n) is 7.06. The number of hydrogen-bond donors (Lipinski definition) is 1. The number of rotatable bonds is 6. The molecule has 1 fully saturated rings. The van der Waals surface area contributed by atoms with E-state index in [-0.39, 0.29) is 23.3 Å². The van der Waals surface area contributed by atoms with E-state index in [1.54, 1.807) is 15.9 Å². The fourth-order valence-electron chi connectivity index (χ4n) is 3.82. The molecule has 146 valence electrons. The lowest BCUT2D eigenvalue weighted by Crippen LogP contribution is -2.33. The Morgan fingerprint density at radius 2 is 2.22 bits per heavy atom. The molecule has 1 aliphatic carbocycles. The molecule has 6 nitrogen and oxygen atoms in total. The smallest absolute Gasteiger partial charge is 0.263 e. The van der Waals surface area contributed by atoms with Crippen LogP contribution in [0.15, 0.2) is 9.95 Å². The minimum Gasteiger partial charge on any atom is -0.376 e. The van der Waals surface area contributed by atoms with Crippen molar-refractivity contribution in [3.05, 3.63) is 20.8 Å². The van der Waals surface area contributed by atoms with Crippen molar-refractivity contribution >= 4 is 39.2 Å².